The van der Waals surface area contributed by atoms with E-state index in [0.29, 0.717) is 11.4 Å². The van der Waals surface area contributed by atoms with Crippen molar-refractivity contribution in [2.75, 3.05) is 17.2 Å². The van der Waals surface area contributed by atoms with Gasteiger partial charge in [-0.05, 0) is 54.1 Å². The quantitative estimate of drug-likeness (QED) is 0.401. The van der Waals surface area contributed by atoms with Crippen LogP contribution in [0.1, 0.15) is 20.3 Å². The van der Waals surface area contributed by atoms with E-state index in [1.165, 1.54) is 38.1 Å². The highest BCUT2D eigenvalue weighted by Crippen LogP contribution is 2.19. The average molecular weight is 484 g/mol. The van der Waals surface area contributed by atoms with E-state index in [1.807, 2.05) is 36.4 Å². The number of ether oxygens (including phenoxy) is 1. The lowest BCUT2D eigenvalue weighted by atomic mass is 10.1. The molecule has 0 aromatic heterocycles. The van der Waals surface area contributed by atoms with E-state index in [1.54, 1.807) is 6.07 Å². The normalized spacial score (nSPS) is 12.1. The van der Waals surface area contributed by atoms with Crippen molar-refractivity contribution in [1.82, 2.24) is 4.72 Å². The summed E-state index contributed by atoms with van der Waals surface area (Å²) in [5, 5.41) is 7.24. The number of hydrogen-bond donors (Lipinski definition) is 3. The molecule has 3 aromatic rings. The Morgan fingerprint density at radius 1 is 0.882 bits per heavy atom. The van der Waals surface area contributed by atoms with Gasteiger partial charge in [0.1, 0.15) is 0 Å². The van der Waals surface area contributed by atoms with Crippen molar-refractivity contribution in [2.45, 2.75) is 31.3 Å². The van der Waals surface area contributed by atoms with Gasteiger partial charge in [-0.25, -0.2) is 13.1 Å². The first-order chi connectivity index (χ1) is 16.1. The van der Waals surface area contributed by atoms with Gasteiger partial charge in [-0.3, -0.25) is 14.4 Å². The van der Waals surface area contributed by atoms with Crippen LogP contribution in [0.5, 0.6) is 0 Å². The molecule has 1 atom stereocenters. The molecule has 9 nitrogen and oxygen atoms in total. The first-order valence-corrected chi connectivity index (χ1v) is 12.0. The van der Waals surface area contributed by atoms with Crippen LogP contribution in [0.2, 0.25) is 0 Å². The first-order valence-electron chi connectivity index (χ1n) is 10.5. The van der Waals surface area contributed by atoms with Gasteiger partial charge in [-0.15, -0.1) is 0 Å². The van der Waals surface area contributed by atoms with Crippen LogP contribution in [0.3, 0.4) is 0 Å². The maximum atomic E-state index is 12.4. The molecule has 3 rings (SSSR count). The van der Waals surface area contributed by atoms with Crippen LogP contribution in [0.15, 0.2) is 71.6 Å². The predicted octanol–water partition coefficient (Wildman–Crippen LogP) is 3.04. The fraction of sp³-hybridized carbons (Fsp3) is 0.208. The number of sulfonamides is 1. The first kappa shape index (κ1) is 24.9. The summed E-state index contributed by atoms with van der Waals surface area (Å²) in [4.78, 5) is 35.5. The van der Waals surface area contributed by atoms with Gasteiger partial charge < -0.3 is 15.4 Å². The summed E-state index contributed by atoms with van der Waals surface area (Å²) >= 11 is 0. The second-order valence-corrected chi connectivity index (χ2v) is 9.30. The Labute approximate surface area is 197 Å². The summed E-state index contributed by atoms with van der Waals surface area (Å²) in [7, 11) is -3.85. The van der Waals surface area contributed by atoms with Crippen LogP contribution in [0.4, 0.5) is 11.4 Å². The van der Waals surface area contributed by atoms with E-state index in [4.69, 9.17) is 4.74 Å². The number of nitrogens with one attached hydrogen (secondary N) is 3. The number of esters is 1. The molecule has 0 radical (unpaired) electrons. The fourth-order valence-corrected chi connectivity index (χ4v) is 4.14. The average Bonchev–Trinajstić information content (AvgIpc) is 2.78. The van der Waals surface area contributed by atoms with Crippen molar-refractivity contribution < 1.29 is 27.5 Å². The van der Waals surface area contributed by atoms with Crippen molar-refractivity contribution in [3.63, 3.8) is 0 Å². The summed E-state index contributed by atoms with van der Waals surface area (Å²) < 4.78 is 32.1. The molecular weight excluding hydrogens is 458 g/mol. The zero-order chi connectivity index (χ0) is 24.7. The molecule has 0 fully saturated rings. The minimum atomic E-state index is -3.85. The number of hydrogen-bond acceptors (Lipinski definition) is 6. The van der Waals surface area contributed by atoms with Crippen molar-refractivity contribution in [2.24, 2.45) is 0 Å². The number of fused-ring (bicyclic) bond motifs is 1. The lowest BCUT2D eigenvalue weighted by Crippen LogP contribution is -2.32. The molecule has 0 saturated carbocycles. The second-order valence-electron chi connectivity index (χ2n) is 7.54. The lowest BCUT2D eigenvalue weighted by molar-refractivity contribution is -0.152. The third kappa shape index (κ3) is 6.87. The molecule has 34 heavy (non-hydrogen) atoms. The SMILES string of the molecule is CC(=O)Nc1ccc(S(=O)(=O)NCCC(=O)OC(C)C(=O)Nc2ccc3ccccc3c2)cc1. The second kappa shape index (κ2) is 10.9. The van der Waals surface area contributed by atoms with Crippen LogP contribution in [0.25, 0.3) is 10.8 Å². The van der Waals surface area contributed by atoms with E-state index in [9.17, 15) is 22.8 Å². The molecule has 10 heteroatoms. The van der Waals surface area contributed by atoms with Crippen molar-refractivity contribution >= 4 is 50.0 Å². The highest BCUT2D eigenvalue weighted by Gasteiger charge is 2.19. The minimum absolute atomic E-state index is 0.0156. The van der Waals surface area contributed by atoms with Crippen LogP contribution < -0.4 is 15.4 Å². The molecule has 3 N–H and O–H groups in total. The molecular formula is C24H25N3O6S. The summed E-state index contributed by atoms with van der Waals surface area (Å²) in [5.41, 5.74) is 1.04. The van der Waals surface area contributed by atoms with Gasteiger partial charge in [0.15, 0.2) is 6.10 Å². The lowest BCUT2D eigenvalue weighted by Gasteiger charge is -2.14. The molecule has 0 heterocycles. The zero-order valence-corrected chi connectivity index (χ0v) is 19.5. The Morgan fingerprint density at radius 3 is 2.21 bits per heavy atom. The minimum Gasteiger partial charge on any atom is -0.452 e. The number of carbonyl (C=O) groups is 3. The van der Waals surface area contributed by atoms with Crippen molar-refractivity contribution in [3.05, 3.63) is 66.7 Å². The highest BCUT2D eigenvalue weighted by molar-refractivity contribution is 7.89. The monoisotopic (exact) mass is 483 g/mol. The summed E-state index contributed by atoms with van der Waals surface area (Å²) in [6, 6.07) is 18.7. The van der Waals surface area contributed by atoms with Gasteiger partial charge >= 0.3 is 5.97 Å². The molecule has 3 aromatic carbocycles. The number of anilines is 2. The summed E-state index contributed by atoms with van der Waals surface area (Å²) in [6.45, 7) is 2.59. The van der Waals surface area contributed by atoms with E-state index < -0.39 is 28.0 Å². The highest BCUT2D eigenvalue weighted by atomic mass is 32.2. The van der Waals surface area contributed by atoms with Gasteiger partial charge in [0, 0.05) is 24.8 Å². The fourth-order valence-electron chi connectivity index (χ4n) is 3.11. The van der Waals surface area contributed by atoms with Crippen LogP contribution in [-0.2, 0) is 29.1 Å². The third-order valence-electron chi connectivity index (χ3n) is 4.80. The molecule has 0 spiro atoms. The molecule has 2 amide bonds. The predicted molar refractivity (Wildman–Crippen MR) is 129 cm³/mol. The van der Waals surface area contributed by atoms with Gasteiger partial charge in [-0.2, -0.15) is 0 Å². The Morgan fingerprint density at radius 2 is 1.53 bits per heavy atom. The van der Waals surface area contributed by atoms with Gasteiger partial charge in [0.25, 0.3) is 5.91 Å². The molecule has 1 unspecified atom stereocenters. The maximum absolute atomic E-state index is 12.4. The molecule has 0 aliphatic carbocycles. The Bertz CT molecular complexity index is 1310. The zero-order valence-electron chi connectivity index (χ0n) is 18.7. The van der Waals surface area contributed by atoms with Crippen molar-refractivity contribution in [1.29, 1.82) is 0 Å². The van der Waals surface area contributed by atoms with Gasteiger partial charge in [-0.1, -0.05) is 30.3 Å². The molecule has 0 saturated heterocycles. The van der Waals surface area contributed by atoms with E-state index in [2.05, 4.69) is 15.4 Å². The van der Waals surface area contributed by atoms with E-state index >= 15 is 0 Å². The largest absolute Gasteiger partial charge is 0.452 e. The molecule has 178 valence electrons. The van der Waals surface area contributed by atoms with Crippen LogP contribution in [-0.4, -0.2) is 38.9 Å². The van der Waals surface area contributed by atoms with E-state index in [-0.39, 0.29) is 23.8 Å². The number of carbonyl (C=O) groups excluding carboxylic acids is 3. The van der Waals surface area contributed by atoms with E-state index in [0.717, 1.165) is 10.8 Å². The third-order valence-corrected chi connectivity index (χ3v) is 6.28. The topological polar surface area (TPSA) is 131 Å². The summed E-state index contributed by atoms with van der Waals surface area (Å²) in [6.07, 6.45) is -1.31. The molecule has 0 aliphatic rings. The standard InChI is InChI=1S/C24H25N3O6S/c1-16(24(30)27-21-8-7-18-5-3-4-6-19(18)15-21)33-23(29)13-14-25-34(31,32)22-11-9-20(10-12-22)26-17(2)28/h3-12,15-16,25H,13-14H2,1-2H3,(H,26,28)(H,27,30). The smallest absolute Gasteiger partial charge is 0.307 e. The Hall–Kier alpha value is -3.76. The Balaban J connectivity index is 1.46. The molecule has 0 aliphatic heterocycles. The molecule has 0 bridgehead atoms. The number of benzene rings is 3. The van der Waals surface area contributed by atoms with Crippen LogP contribution in [0, 0.1) is 0 Å². The Kier molecular flexibility index (Phi) is 7.98. The van der Waals surface area contributed by atoms with Gasteiger partial charge in [0.2, 0.25) is 15.9 Å². The van der Waals surface area contributed by atoms with Crippen molar-refractivity contribution in [3.8, 4) is 0 Å². The maximum Gasteiger partial charge on any atom is 0.307 e. The van der Waals surface area contributed by atoms with Gasteiger partial charge in [0.05, 0.1) is 11.3 Å². The number of rotatable bonds is 9. The van der Waals surface area contributed by atoms with Crippen LogP contribution >= 0.6 is 0 Å². The number of amides is 2. The summed E-state index contributed by atoms with van der Waals surface area (Å²) in [5.74, 6) is -1.49.